The molecule has 0 amide bonds. The zero-order chi connectivity index (χ0) is 15.2. The van der Waals surface area contributed by atoms with Crippen LogP contribution in [0.2, 0.25) is 0 Å². The predicted molar refractivity (Wildman–Crippen MR) is 87.7 cm³/mol. The van der Waals surface area contributed by atoms with Crippen LogP contribution < -0.4 is 10.6 Å². The minimum atomic E-state index is 0.304. The molecule has 0 saturated carbocycles. The zero-order valence-electron chi connectivity index (χ0n) is 12.6. The molecule has 0 aliphatic carbocycles. The van der Waals surface area contributed by atoms with Gasteiger partial charge >= 0.3 is 0 Å². The van der Waals surface area contributed by atoms with E-state index >= 15 is 0 Å². The molecular formula is C14H22BrN5O. The molecule has 0 aromatic carbocycles. The molecule has 0 aliphatic rings. The summed E-state index contributed by atoms with van der Waals surface area (Å²) >= 11 is 3.46. The monoisotopic (exact) mass is 355 g/mol. The van der Waals surface area contributed by atoms with Gasteiger partial charge in [0.15, 0.2) is 5.65 Å². The van der Waals surface area contributed by atoms with Crippen LogP contribution in [0.4, 0.5) is 5.82 Å². The average molecular weight is 356 g/mol. The quantitative estimate of drug-likeness (QED) is 0.710. The van der Waals surface area contributed by atoms with E-state index in [0.29, 0.717) is 12.0 Å². The fourth-order valence-corrected chi connectivity index (χ4v) is 2.36. The Bertz CT molecular complexity index is 571. The van der Waals surface area contributed by atoms with E-state index in [0.717, 1.165) is 35.6 Å². The van der Waals surface area contributed by atoms with Gasteiger partial charge in [-0.1, -0.05) is 13.8 Å². The van der Waals surface area contributed by atoms with Crippen molar-refractivity contribution >= 4 is 27.4 Å². The van der Waals surface area contributed by atoms with Crippen molar-refractivity contribution in [2.45, 2.75) is 19.9 Å². The summed E-state index contributed by atoms with van der Waals surface area (Å²) in [6.07, 6.45) is 3.66. The van der Waals surface area contributed by atoms with Crippen molar-refractivity contribution in [2.24, 2.45) is 5.92 Å². The first kappa shape index (κ1) is 16.2. The van der Waals surface area contributed by atoms with E-state index in [1.807, 2.05) is 12.3 Å². The standard InChI is InChI=1S/C14H22BrN5O/c1-10(2)12(9-16-5-7-21-3)18-13-4-6-20-14(19-13)11(15)8-17-20/h4,6,8,10,12,16H,5,7,9H2,1-3H3,(H,18,19)/t12-/m1/s1. The van der Waals surface area contributed by atoms with Crippen LogP contribution in [-0.4, -0.2) is 47.4 Å². The number of fused-ring (bicyclic) bond motifs is 1. The fraction of sp³-hybridized carbons (Fsp3) is 0.571. The Balaban J connectivity index is 2.02. The Morgan fingerprint density at radius 3 is 2.95 bits per heavy atom. The van der Waals surface area contributed by atoms with Gasteiger partial charge < -0.3 is 15.4 Å². The lowest BCUT2D eigenvalue weighted by Crippen LogP contribution is -2.38. The normalized spacial score (nSPS) is 13.0. The highest BCUT2D eigenvalue weighted by Gasteiger charge is 2.14. The predicted octanol–water partition coefficient (Wildman–Crippen LogP) is 2.16. The Kier molecular flexibility index (Phi) is 5.96. The molecular weight excluding hydrogens is 334 g/mol. The summed E-state index contributed by atoms with van der Waals surface area (Å²) in [5.41, 5.74) is 0.815. The van der Waals surface area contributed by atoms with Crippen molar-refractivity contribution in [2.75, 3.05) is 32.1 Å². The Labute approximate surface area is 133 Å². The van der Waals surface area contributed by atoms with Crippen molar-refractivity contribution in [3.8, 4) is 0 Å². The lowest BCUT2D eigenvalue weighted by molar-refractivity contribution is 0.198. The highest BCUT2D eigenvalue weighted by atomic mass is 79.9. The van der Waals surface area contributed by atoms with Gasteiger partial charge in [-0.25, -0.2) is 9.50 Å². The summed E-state index contributed by atoms with van der Waals surface area (Å²) in [6, 6.07) is 2.25. The van der Waals surface area contributed by atoms with Gasteiger partial charge in [0, 0.05) is 32.4 Å². The van der Waals surface area contributed by atoms with E-state index in [4.69, 9.17) is 4.74 Å². The van der Waals surface area contributed by atoms with Gasteiger partial charge in [-0.3, -0.25) is 0 Å². The molecule has 2 N–H and O–H groups in total. The molecule has 0 fully saturated rings. The van der Waals surface area contributed by atoms with Gasteiger partial charge in [-0.2, -0.15) is 5.10 Å². The Hall–Kier alpha value is -1.18. The Morgan fingerprint density at radius 2 is 2.24 bits per heavy atom. The van der Waals surface area contributed by atoms with Crippen molar-refractivity contribution in [1.29, 1.82) is 0 Å². The second-order valence-electron chi connectivity index (χ2n) is 5.27. The van der Waals surface area contributed by atoms with Crippen LogP contribution in [0.3, 0.4) is 0 Å². The molecule has 2 aromatic heterocycles. The maximum absolute atomic E-state index is 5.04. The van der Waals surface area contributed by atoms with E-state index in [-0.39, 0.29) is 0 Å². The van der Waals surface area contributed by atoms with E-state index in [2.05, 4.69) is 50.5 Å². The number of methoxy groups -OCH3 is 1. The molecule has 0 aliphatic heterocycles. The van der Waals surface area contributed by atoms with E-state index in [1.165, 1.54) is 0 Å². The summed E-state index contributed by atoms with van der Waals surface area (Å²) in [5.74, 6) is 1.35. The molecule has 21 heavy (non-hydrogen) atoms. The van der Waals surface area contributed by atoms with E-state index < -0.39 is 0 Å². The second kappa shape index (κ2) is 7.72. The molecule has 2 heterocycles. The maximum Gasteiger partial charge on any atom is 0.171 e. The third-order valence-electron chi connectivity index (χ3n) is 3.31. The zero-order valence-corrected chi connectivity index (χ0v) is 14.2. The second-order valence-corrected chi connectivity index (χ2v) is 6.12. The van der Waals surface area contributed by atoms with Crippen molar-refractivity contribution in [1.82, 2.24) is 19.9 Å². The molecule has 0 spiro atoms. The highest BCUT2D eigenvalue weighted by molar-refractivity contribution is 9.10. The molecule has 1 atom stereocenters. The maximum atomic E-state index is 5.04. The van der Waals surface area contributed by atoms with Crippen LogP contribution in [0.25, 0.3) is 5.65 Å². The number of hydrogen-bond donors (Lipinski definition) is 2. The lowest BCUT2D eigenvalue weighted by Gasteiger charge is -2.23. The molecule has 0 bridgehead atoms. The van der Waals surface area contributed by atoms with E-state index in [1.54, 1.807) is 17.8 Å². The smallest absolute Gasteiger partial charge is 0.171 e. The van der Waals surface area contributed by atoms with Crippen molar-refractivity contribution < 1.29 is 4.74 Å². The number of hydrogen-bond acceptors (Lipinski definition) is 5. The summed E-state index contributed by atoms with van der Waals surface area (Å²) < 4.78 is 7.69. The number of anilines is 1. The van der Waals surface area contributed by atoms with Gasteiger partial charge in [0.2, 0.25) is 0 Å². The van der Waals surface area contributed by atoms with Crippen LogP contribution in [0.15, 0.2) is 22.9 Å². The summed E-state index contributed by atoms with van der Waals surface area (Å²) in [7, 11) is 1.71. The topological polar surface area (TPSA) is 63.5 Å². The van der Waals surface area contributed by atoms with Gasteiger partial charge in [0.05, 0.1) is 17.3 Å². The van der Waals surface area contributed by atoms with E-state index in [9.17, 15) is 0 Å². The summed E-state index contributed by atoms with van der Waals surface area (Å²) in [6.45, 7) is 6.83. The third-order valence-corrected chi connectivity index (χ3v) is 3.87. The first-order valence-corrected chi connectivity index (χ1v) is 7.87. The van der Waals surface area contributed by atoms with Gasteiger partial charge in [-0.05, 0) is 27.9 Å². The third kappa shape index (κ3) is 4.39. The number of rotatable bonds is 8. The van der Waals surface area contributed by atoms with Crippen molar-refractivity contribution in [3.05, 3.63) is 22.9 Å². The number of ether oxygens (including phenoxy) is 1. The molecule has 6 nitrogen and oxygen atoms in total. The fourth-order valence-electron chi connectivity index (χ4n) is 2.00. The number of halogens is 1. The van der Waals surface area contributed by atoms with Crippen LogP contribution in [0.1, 0.15) is 13.8 Å². The number of nitrogens with zero attached hydrogens (tertiary/aromatic N) is 3. The molecule has 2 rings (SSSR count). The van der Waals surface area contributed by atoms with Crippen LogP contribution in [0, 0.1) is 5.92 Å². The number of nitrogens with one attached hydrogen (secondary N) is 2. The largest absolute Gasteiger partial charge is 0.383 e. The van der Waals surface area contributed by atoms with Gasteiger partial charge in [-0.15, -0.1) is 0 Å². The molecule has 2 aromatic rings. The minimum Gasteiger partial charge on any atom is -0.383 e. The molecule has 116 valence electrons. The number of aromatic nitrogens is 3. The minimum absolute atomic E-state index is 0.304. The first-order valence-electron chi connectivity index (χ1n) is 7.08. The van der Waals surface area contributed by atoms with Gasteiger partial charge in [0.1, 0.15) is 5.82 Å². The lowest BCUT2D eigenvalue weighted by atomic mass is 10.0. The van der Waals surface area contributed by atoms with Crippen LogP contribution >= 0.6 is 15.9 Å². The molecule has 0 radical (unpaired) electrons. The first-order chi connectivity index (χ1) is 10.1. The van der Waals surface area contributed by atoms with Crippen LogP contribution in [0.5, 0.6) is 0 Å². The van der Waals surface area contributed by atoms with Crippen molar-refractivity contribution in [3.63, 3.8) is 0 Å². The summed E-state index contributed by atoms with van der Waals surface area (Å²) in [5, 5.41) is 11.1. The summed E-state index contributed by atoms with van der Waals surface area (Å²) in [4.78, 5) is 4.59. The Morgan fingerprint density at radius 1 is 1.43 bits per heavy atom. The van der Waals surface area contributed by atoms with Gasteiger partial charge in [0.25, 0.3) is 0 Å². The average Bonchev–Trinajstić information content (AvgIpc) is 2.83. The highest BCUT2D eigenvalue weighted by Crippen LogP contribution is 2.18. The molecule has 0 unspecified atom stereocenters. The molecule has 7 heteroatoms. The molecule has 0 saturated heterocycles. The SMILES string of the molecule is COCCNC[C@@H](Nc1ccn2ncc(Br)c2n1)C(C)C. The van der Waals surface area contributed by atoms with Crippen LogP contribution in [-0.2, 0) is 4.74 Å².